The van der Waals surface area contributed by atoms with E-state index >= 15 is 0 Å². The number of nitrogen functional groups attached to an aromatic ring is 1. The maximum Gasteiger partial charge on any atom is 0.451 e. The minimum absolute atomic E-state index is 0.145. The summed E-state index contributed by atoms with van der Waals surface area (Å²) in [6.07, 6.45) is -3.96. The van der Waals surface area contributed by atoms with Gasteiger partial charge in [0.25, 0.3) is 0 Å². The summed E-state index contributed by atoms with van der Waals surface area (Å²) in [4.78, 5) is 6.42. The summed E-state index contributed by atoms with van der Waals surface area (Å²) in [7, 11) is 0. The van der Waals surface area contributed by atoms with Crippen molar-refractivity contribution in [3.8, 4) is 5.88 Å². The van der Waals surface area contributed by atoms with Crippen LogP contribution in [0.15, 0.2) is 6.07 Å². The summed E-state index contributed by atoms with van der Waals surface area (Å²) >= 11 is 0. The van der Waals surface area contributed by atoms with Crippen molar-refractivity contribution in [3.63, 3.8) is 0 Å². The number of ether oxygens (including phenoxy) is 1. The molecule has 0 amide bonds. The van der Waals surface area contributed by atoms with E-state index in [-0.39, 0.29) is 18.3 Å². The number of hydrazine groups is 1. The zero-order valence-electron chi connectivity index (χ0n) is 8.51. The van der Waals surface area contributed by atoms with Crippen molar-refractivity contribution in [2.24, 2.45) is 5.84 Å². The van der Waals surface area contributed by atoms with E-state index in [1.54, 1.807) is 0 Å². The SMILES string of the molecule is CCCOc1cc(NN)nc(C(F)(F)F)n1. The zero-order chi connectivity index (χ0) is 12.2. The molecule has 3 N–H and O–H groups in total. The number of rotatable bonds is 4. The van der Waals surface area contributed by atoms with E-state index in [1.165, 1.54) is 6.07 Å². The Kier molecular flexibility index (Phi) is 3.88. The Morgan fingerprint density at radius 1 is 1.44 bits per heavy atom. The van der Waals surface area contributed by atoms with E-state index in [0.29, 0.717) is 6.42 Å². The van der Waals surface area contributed by atoms with Crippen LogP contribution in [0.5, 0.6) is 5.88 Å². The first kappa shape index (κ1) is 12.5. The maximum atomic E-state index is 12.4. The molecule has 0 radical (unpaired) electrons. The predicted molar refractivity (Wildman–Crippen MR) is 50.6 cm³/mol. The van der Waals surface area contributed by atoms with Gasteiger partial charge in [-0.1, -0.05) is 6.92 Å². The zero-order valence-corrected chi connectivity index (χ0v) is 8.51. The van der Waals surface area contributed by atoms with Crippen LogP contribution in [0.3, 0.4) is 0 Å². The van der Waals surface area contributed by atoms with E-state index in [0.717, 1.165) is 0 Å². The van der Waals surface area contributed by atoms with E-state index in [4.69, 9.17) is 10.6 Å². The molecule has 8 heteroatoms. The van der Waals surface area contributed by atoms with Crippen LogP contribution in [-0.2, 0) is 6.18 Å². The standard InChI is InChI=1S/C8H11F3N4O/c1-2-3-16-6-4-5(15-12)13-7(14-6)8(9,10)11/h4H,2-3,12H2,1H3,(H,13,14,15). The van der Waals surface area contributed by atoms with Crippen LogP contribution in [0.25, 0.3) is 0 Å². The molecule has 0 saturated carbocycles. The number of nitrogens with two attached hydrogens (primary N) is 1. The second-order valence-electron chi connectivity index (χ2n) is 2.91. The van der Waals surface area contributed by atoms with Gasteiger partial charge in [-0.05, 0) is 6.42 Å². The molecule has 0 unspecified atom stereocenters. The number of hydrogen-bond donors (Lipinski definition) is 2. The number of aromatic nitrogens is 2. The molecular weight excluding hydrogens is 225 g/mol. The Labute approximate surface area is 89.8 Å². The van der Waals surface area contributed by atoms with Crippen LogP contribution in [0.2, 0.25) is 0 Å². The minimum Gasteiger partial charge on any atom is -0.478 e. The lowest BCUT2D eigenvalue weighted by Crippen LogP contribution is -2.16. The molecule has 5 nitrogen and oxygen atoms in total. The van der Waals surface area contributed by atoms with Gasteiger partial charge in [-0.25, -0.2) is 10.8 Å². The summed E-state index contributed by atoms with van der Waals surface area (Å²) in [5, 5.41) is 0. The first-order valence-corrected chi connectivity index (χ1v) is 4.53. The van der Waals surface area contributed by atoms with Gasteiger partial charge in [0.2, 0.25) is 11.7 Å². The first-order valence-electron chi connectivity index (χ1n) is 4.53. The molecule has 0 aromatic carbocycles. The molecule has 0 saturated heterocycles. The van der Waals surface area contributed by atoms with Crippen molar-refractivity contribution in [2.45, 2.75) is 19.5 Å². The highest BCUT2D eigenvalue weighted by molar-refractivity contribution is 5.37. The van der Waals surface area contributed by atoms with Gasteiger partial charge in [-0.15, -0.1) is 0 Å². The highest BCUT2D eigenvalue weighted by Gasteiger charge is 2.35. The van der Waals surface area contributed by atoms with Crippen molar-refractivity contribution in [1.29, 1.82) is 0 Å². The normalized spacial score (nSPS) is 11.3. The monoisotopic (exact) mass is 236 g/mol. The number of nitrogens with one attached hydrogen (secondary N) is 1. The van der Waals surface area contributed by atoms with E-state index in [9.17, 15) is 13.2 Å². The molecule has 0 atom stereocenters. The molecule has 1 heterocycles. The van der Waals surface area contributed by atoms with Gasteiger partial charge in [-0.2, -0.15) is 18.2 Å². The van der Waals surface area contributed by atoms with Crippen molar-refractivity contribution in [3.05, 3.63) is 11.9 Å². The van der Waals surface area contributed by atoms with Gasteiger partial charge in [0.1, 0.15) is 5.82 Å². The number of halogens is 3. The molecule has 0 aliphatic carbocycles. The second kappa shape index (κ2) is 4.97. The minimum atomic E-state index is -4.63. The summed E-state index contributed by atoms with van der Waals surface area (Å²) in [6, 6.07) is 1.20. The highest BCUT2D eigenvalue weighted by atomic mass is 19.4. The maximum absolute atomic E-state index is 12.4. The Bertz CT molecular complexity index is 356. The van der Waals surface area contributed by atoms with Gasteiger partial charge < -0.3 is 10.2 Å². The largest absolute Gasteiger partial charge is 0.478 e. The van der Waals surface area contributed by atoms with Crippen molar-refractivity contribution in [2.75, 3.05) is 12.0 Å². The van der Waals surface area contributed by atoms with Gasteiger partial charge in [0.15, 0.2) is 0 Å². The Hall–Kier alpha value is -1.57. The van der Waals surface area contributed by atoms with Crippen LogP contribution in [0, 0.1) is 0 Å². The summed E-state index contributed by atoms with van der Waals surface area (Å²) < 4.78 is 42.1. The predicted octanol–water partition coefficient (Wildman–Crippen LogP) is 1.57. The number of nitrogens with zero attached hydrogens (tertiary/aromatic N) is 2. The number of anilines is 1. The lowest BCUT2D eigenvalue weighted by atomic mass is 10.5. The lowest BCUT2D eigenvalue weighted by molar-refractivity contribution is -0.145. The van der Waals surface area contributed by atoms with Crippen LogP contribution >= 0.6 is 0 Å². The number of hydrogen-bond acceptors (Lipinski definition) is 5. The van der Waals surface area contributed by atoms with Crippen LogP contribution in [0.4, 0.5) is 19.0 Å². The molecule has 0 fully saturated rings. The fourth-order valence-electron chi connectivity index (χ4n) is 0.906. The van der Waals surface area contributed by atoms with Gasteiger partial charge in [0.05, 0.1) is 6.61 Å². The van der Waals surface area contributed by atoms with Gasteiger partial charge in [0, 0.05) is 6.07 Å². The topological polar surface area (TPSA) is 73.1 Å². The molecule has 1 rings (SSSR count). The Balaban J connectivity index is 3.01. The summed E-state index contributed by atoms with van der Waals surface area (Å²) in [5.41, 5.74) is 2.03. The van der Waals surface area contributed by atoms with Gasteiger partial charge in [-0.3, -0.25) is 0 Å². The average Bonchev–Trinajstić information content (AvgIpc) is 2.24. The molecule has 90 valence electrons. The third-order valence-corrected chi connectivity index (χ3v) is 1.56. The van der Waals surface area contributed by atoms with E-state index in [1.807, 2.05) is 12.3 Å². The average molecular weight is 236 g/mol. The molecule has 1 aromatic rings. The highest BCUT2D eigenvalue weighted by Crippen LogP contribution is 2.28. The molecule has 0 aliphatic rings. The van der Waals surface area contributed by atoms with Crippen molar-refractivity contribution < 1.29 is 17.9 Å². The van der Waals surface area contributed by atoms with Crippen LogP contribution in [0.1, 0.15) is 19.2 Å². The Morgan fingerprint density at radius 2 is 2.12 bits per heavy atom. The third kappa shape index (κ3) is 3.23. The van der Waals surface area contributed by atoms with E-state index in [2.05, 4.69) is 9.97 Å². The Morgan fingerprint density at radius 3 is 2.62 bits per heavy atom. The molecule has 0 spiro atoms. The van der Waals surface area contributed by atoms with E-state index < -0.39 is 12.0 Å². The van der Waals surface area contributed by atoms with Crippen LogP contribution < -0.4 is 16.0 Å². The fourth-order valence-corrected chi connectivity index (χ4v) is 0.906. The smallest absolute Gasteiger partial charge is 0.451 e. The van der Waals surface area contributed by atoms with Crippen LogP contribution in [-0.4, -0.2) is 16.6 Å². The third-order valence-electron chi connectivity index (χ3n) is 1.56. The molecule has 16 heavy (non-hydrogen) atoms. The molecule has 0 aliphatic heterocycles. The quantitative estimate of drug-likeness (QED) is 0.613. The molecular formula is C8H11F3N4O. The fraction of sp³-hybridized carbons (Fsp3) is 0.500. The molecule has 0 bridgehead atoms. The van der Waals surface area contributed by atoms with Gasteiger partial charge >= 0.3 is 6.18 Å². The van der Waals surface area contributed by atoms with Crippen molar-refractivity contribution in [1.82, 2.24) is 9.97 Å². The van der Waals surface area contributed by atoms with Crippen molar-refractivity contribution >= 4 is 5.82 Å². The summed E-state index contributed by atoms with van der Waals surface area (Å²) in [6.45, 7) is 2.10. The lowest BCUT2D eigenvalue weighted by Gasteiger charge is -2.10. The number of alkyl halides is 3. The summed E-state index contributed by atoms with van der Waals surface area (Å²) in [5.74, 6) is 3.41. The first-order chi connectivity index (χ1) is 7.47. The molecule has 1 aromatic heterocycles. The second-order valence-corrected chi connectivity index (χ2v) is 2.91.